The van der Waals surface area contributed by atoms with E-state index < -0.39 is 0 Å². The zero-order valence-electron chi connectivity index (χ0n) is 15.3. The van der Waals surface area contributed by atoms with Gasteiger partial charge in [0.25, 0.3) is 0 Å². The zero-order valence-corrected chi connectivity index (χ0v) is 15.3. The number of nitrogens with two attached hydrogens (primary N) is 1. The number of anilines is 1. The van der Waals surface area contributed by atoms with Gasteiger partial charge in [0.2, 0.25) is 5.95 Å². The molecule has 0 amide bonds. The number of nitrogens with zero attached hydrogens (tertiary/aromatic N) is 5. The molecule has 0 atom stereocenters. The van der Waals surface area contributed by atoms with Crippen LogP contribution in [-0.4, -0.2) is 31.6 Å². The van der Waals surface area contributed by atoms with E-state index in [9.17, 15) is 0 Å². The fraction of sp³-hybridized carbons (Fsp3) is 0.250. The third-order valence-corrected chi connectivity index (χ3v) is 5.07. The molecule has 3 heterocycles. The Morgan fingerprint density at radius 2 is 1.96 bits per heavy atom. The summed E-state index contributed by atoms with van der Waals surface area (Å²) in [5.41, 5.74) is 11.6. The summed E-state index contributed by atoms with van der Waals surface area (Å²) >= 11 is 0. The highest BCUT2D eigenvalue weighted by Gasteiger charge is 2.21. The van der Waals surface area contributed by atoms with Crippen LogP contribution in [0.15, 0.2) is 36.4 Å². The lowest BCUT2D eigenvalue weighted by Crippen LogP contribution is -2.16. The van der Waals surface area contributed by atoms with Gasteiger partial charge in [0, 0.05) is 18.5 Å². The van der Waals surface area contributed by atoms with Crippen molar-refractivity contribution in [1.82, 2.24) is 24.5 Å². The number of benzene rings is 2. The molecule has 0 fully saturated rings. The Hall–Kier alpha value is -3.19. The number of hydrogen-bond donors (Lipinski definition) is 1. The van der Waals surface area contributed by atoms with E-state index in [0.29, 0.717) is 29.4 Å². The molecule has 0 radical (unpaired) electrons. The topological polar surface area (TPSA) is 81.6 Å². The van der Waals surface area contributed by atoms with Crippen molar-refractivity contribution in [3.63, 3.8) is 0 Å². The first-order valence-corrected chi connectivity index (χ1v) is 8.91. The highest BCUT2D eigenvalue weighted by Crippen LogP contribution is 2.28. The second-order valence-corrected chi connectivity index (χ2v) is 7.01. The molecule has 0 aliphatic carbocycles. The molecular formula is C20H20N6O. The van der Waals surface area contributed by atoms with E-state index in [2.05, 4.69) is 40.1 Å². The van der Waals surface area contributed by atoms with Gasteiger partial charge in [0.1, 0.15) is 11.3 Å². The molecule has 7 heteroatoms. The van der Waals surface area contributed by atoms with Crippen molar-refractivity contribution in [2.24, 2.45) is 0 Å². The van der Waals surface area contributed by atoms with Gasteiger partial charge in [-0.05, 0) is 30.2 Å². The maximum absolute atomic E-state index is 6.13. The van der Waals surface area contributed by atoms with Crippen molar-refractivity contribution in [3.8, 4) is 5.75 Å². The van der Waals surface area contributed by atoms with E-state index in [1.165, 1.54) is 16.7 Å². The summed E-state index contributed by atoms with van der Waals surface area (Å²) in [6.45, 7) is 4.62. The van der Waals surface area contributed by atoms with Crippen LogP contribution in [0, 0.1) is 6.92 Å². The predicted molar refractivity (Wildman–Crippen MR) is 103 cm³/mol. The van der Waals surface area contributed by atoms with E-state index in [1.54, 1.807) is 11.6 Å². The number of methoxy groups -OCH3 is 1. The second-order valence-electron chi connectivity index (χ2n) is 7.01. The molecule has 7 nitrogen and oxygen atoms in total. The van der Waals surface area contributed by atoms with Crippen LogP contribution in [0.25, 0.3) is 16.6 Å². The average Bonchev–Trinajstić information content (AvgIpc) is 3.25. The molecule has 2 aromatic carbocycles. The Bertz CT molecular complexity index is 1180. The van der Waals surface area contributed by atoms with Gasteiger partial charge >= 0.3 is 0 Å². The summed E-state index contributed by atoms with van der Waals surface area (Å²) in [5.74, 6) is 1.72. The summed E-state index contributed by atoms with van der Waals surface area (Å²) in [5, 5.41) is 5.47. The summed E-state index contributed by atoms with van der Waals surface area (Å²) < 4.78 is 7.02. The quantitative estimate of drug-likeness (QED) is 0.605. The van der Waals surface area contributed by atoms with Crippen LogP contribution in [0.3, 0.4) is 0 Å². The fourth-order valence-electron chi connectivity index (χ4n) is 3.81. The zero-order chi connectivity index (χ0) is 18.5. The van der Waals surface area contributed by atoms with Crippen LogP contribution in [0.1, 0.15) is 22.5 Å². The van der Waals surface area contributed by atoms with Gasteiger partial charge in [-0.15, -0.1) is 5.10 Å². The van der Waals surface area contributed by atoms with E-state index in [1.807, 2.05) is 18.2 Å². The first-order valence-electron chi connectivity index (χ1n) is 8.91. The molecule has 1 aliphatic rings. The highest BCUT2D eigenvalue weighted by molar-refractivity contribution is 5.95. The lowest BCUT2D eigenvalue weighted by molar-refractivity contribution is 0.268. The molecule has 0 unspecified atom stereocenters. The van der Waals surface area contributed by atoms with Crippen LogP contribution in [0.2, 0.25) is 0 Å². The monoisotopic (exact) mass is 360 g/mol. The standard InChI is InChI=1S/C20H20N6O/c1-12-6-7-13-9-25(10-14(13)8-12)11-17-22-19-15-4-3-5-16(27-2)18(15)23-20(21)26(19)24-17/h3-8H,9-11H2,1-2H3,(H2,21,23). The molecule has 0 spiro atoms. The minimum atomic E-state index is 0.307. The minimum absolute atomic E-state index is 0.307. The normalized spacial score (nSPS) is 14.1. The summed E-state index contributed by atoms with van der Waals surface area (Å²) in [7, 11) is 1.62. The molecule has 0 saturated carbocycles. The lowest BCUT2D eigenvalue weighted by Gasteiger charge is -2.11. The first kappa shape index (κ1) is 16.0. The summed E-state index contributed by atoms with van der Waals surface area (Å²) in [6, 6.07) is 12.4. The van der Waals surface area contributed by atoms with Crippen molar-refractivity contribution < 1.29 is 4.74 Å². The van der Waals surface area contributed by atoms with Crippen molar-refractivity contribution in [1.29, 1.82) is 0 Å². The predicted octanol–water partition coefficient (Wildman–Crippen LogP) is 2.69. The number of aromatic nitrogens is 4. The third kappa shape index (κ3) is 2.59. The van der Waals surface area contributed by atoms with Crippen LogP contribution in [0.5, 0.6) is 5.75 Å². The van der Waals surface area contributed by atoms with Gasteiger partial charge in [0.05, 0.1) is 13.7 Å². The Labute approximate surface area is 156 Å². The van der Waals surface area contributed by atoms with E-state index in [4.69, 9.17) is 15.5 Å². The number of aryl methyl sites for hydroxylation is 1. The van der Waals surface area contributed by atoms with Crippen molar-refractivity contribution >= 4 is 22.5 Å². The Morgan fingerprint density at radius 3 is 2.81 bits per heavy atom. The number of rotatable bonds is 3. The molecule has 4 aromatic rings. The number of fused-ring (bicyclic) bond motifs is 4. The van der Waals surface area contributed by atoms with Gasteiger partial charge in [-0.2, -0.15) is 4.52 Å². The molecule has 1 aliphatic heterocycles. The average molecular weight is 360 g/mol. The van der Waals surface area contributed by atoms with Gasteiger partial charge < -0.3 is 10.5 Å². The smallest absolute Gasteiger partial charge is 0.223 e. The van der Waals surface area contributed by atoms with E-state index in [-0.39, 0.29) is 0 Å². The third-order valence-electron chi connectivity index (χ3n) is 5.07. The Kier molecular flexibility index (Phi) is 3.51. The minimum Gasteiger partial charge on any atom is -0.494 e. The van der Waals surface area contributed by atoms with Gasteiger partial charge in [-0.25, -0.2) is 9.97 Å². The number of para-hydroxylation sites is 1. The second kappa shape index (κ2) is 5.92. The van der Waals surface area contributed by atoms with E-state index >= 15 is 0 Å². The molecule has 2 aromatic heterocycles. The Balaban J connectivity index is 1.52. The van der Waals surface area contributed by atoms with Crippen LogP contribution in [-0.2, 0) is 19.6 Å². The lowest BCUT2D eigenvalue weighted by atomic mass is 10.1. The van der Waals surface area contributed by atoms with Gasteiger partial charge in [-0.3, -0.25) is 4.90 Å². The van der Waals surface area contributed by atoms with Crippen molar-refractivity contribution in [2.75, 3.05) is 12.8 Å². The maximum Gasteiger partial charge on any atom is 0.223 e. The number of hydrogen-bond acceptors (Lipinski definition) is 6. The molecule has 2 N–H and O–H groups in total. The largest absolute Gasteiger partial charge is 0.494 e. The molecule has 5 rings (SSSR count). The SMILES string of the molecule is COc1cccc2c1nc(N)n1nc(CN3Cc4ccc(C)cc4C3)nc21. The van der Waals surface area contributed by atoms with Crippen molar-refractivity contribution in [3.05, 3.63) is 58.9 Å². The molecular weight excluding hydrogens is 340 g/mol. The first-order chi connectivity index (χ1) is 13.1. The molecule has 0 saturated heterocycles. The van der Waals surface area contributed by atoms with E-state index in [0.717, 1.165) is 24.3 Å². The van der Waals surface area contributed by atoms with Crippen LogP contribution in [0.4, 0.5) is 5.95 Å². The molecule has 136 valence electrons. The van der Waals surface area contributed by atoms with Crippen molar-refractivity contribution in [2.45, 2.75) is 26.6 Å². The van der Waals surface area contributed by atoms with Gasteiger partial charge in [0.15, 0.2) is 11.5 Å². The van der Waals surface area contributed by atoms with Gasteiger partial charge in [-0.1, -0.05) is 29.8 Å². The maximum atomic E-state index is 6.13. The summed E-state index contributed by atoms with van der Waals surface area (Å²) in [4.78, 5) is 11.6. The number of nitrogen functional groups attached to an aromatic ring is 1. The van der Waals surface area contributed by atoms with Crippen LogP contribution < -0.4 is 10.5 Å². The van der Waals surface area contributed by atoms with Crippen LogP contribution >= 0.6 is 0 Å². The molecule has 27 heavy (non-hydrogen) atoms. The fourth-order valence-corrected chi connectivity index (χ4v) is 3.81. The molecule has 0 bridgehead atoms. The summed E-state index contributed by atoms with van der Waals surface area (Å²) in [6.07, 6.45) is 0. The number of ether oxygens (including phenoxy) is 1. The Morgan fingerprint density at radius 1 is 1.11 bits per heavy atom. The highest BCUT2D eigenvalue weighted by atomic mass is 16.5.